The summed E-state index contributed by atoms with van der Waals surface area (Å²) in [5.41, 5.74) is 3.63. The second-order valence-electron chi connectivity index (χ2n) is 5.80. The van der Waals surface area contributed by atoms with Gasteiger partial charge in [-0.15, -0.1) is 0 Å². The van der Waals surface area contributed by atoms with Crippen LogP contribution in [0.4, 0.5) is 0 Å². The van der Waals surface area contributed by atoms with Crippen LogP contribution < -0.4 is 0 Å². The number of halogens is 1. The van der Waals surface area contributed by atoms with E-state index in [-0.39, 0.29) is 12.0 Å². The fourth-order valence-electron chi connectivity index (χ4n) is 3.08. The molecule has 20 heavy (non-hydrogen) atoms. The molecular weight excluding hydrogens is 316 g/mol. The van der Waals surface area contributed by atoms with Gasteiger partial charge in [-0.2, -0.15) is 5.10 Å². The highest BCUT2D eigenvalue weighted by Gasteiger charge is 2.31. The maximum atomic E-state index is 10.8. The van der Waals surface area contributed by atoms with Gasteiger partial charge in [0.2, 0.25) is 0 Å². The highest BCUT2D eigenvalue weighted by Crippen LogP contribution is 2.38. The van der Waals surface area contributed by atoms with Crippen molar-refractivity contribution in [2.75, 3.05) is 0 Å². The van der Waals surface area contributed by atoms with Crippen molar-refractivity contribution in [1.29, 1.82) is 0 Å². The third kappa shape index (κ3) is 2.31. The van der Waals surface area contributed by atoms with Crippen LogP contribution in [0, 0.1) is 5.92 Å². The summed E-state index contributed by atoms with van der Waals surface area (Å²) >= 11 is 3.52. The lowest BCUT2D eigenvalue weighted by atomic mass is 9.96. The van der Waals surface area contributed by atoms with Gasteiger partial charge in [-0.25, -0.2) is 0 Å². The normalized spacial score (nSPS) is 16.6. The van der Waals surface area contributed by atoms with Gasteiger partial charge in [-0.1, -0.05) is 24.3 Å². The average Bonchev–Trinajstić information content (AvgIpc) is 3.01. The molecule has 3 rings (SSSR count). The molecule has 1 atom stereocenters. The molecule has 1 N–H and O–H groups in total. The van der Waals surface area contributed by atoms with Crippen molar-refractivity contribution in [3.63, 3.8) is 0 Å². The molecule has 1 unspecified atom stereocenters. The molecule has 0 fully saturated rings. The first-order valence-electron chi connectivity index (χ1n) is 7.05. The van der Waals surface area contributed by atoms with E-state index in [1.54, 1.807) is 6.20 Å². The number of aromatic nitrogens is 2. The molecule has 2 aromatic rings. The van der Waals surface area contributed by atoms with Crippen LogP contribution in [0.1, 0.15) is 42.8 Å². The molecule has 4 heteroatoms. The van der Waals surface area contributed by atoms with E-state index in [0.29, 0.717) is 0 Å². The molecular formula is C16H19BrN2O. The molecule has 0 saturated carbocycles. The molecule has 1 aliphatic rings. The first-order valence-corrected chi connectivity index (χ1v) is 7.85. The van der Waals surface area contributed by atoms with Crippen LogP contribution in [-0.4, -0.2) is 14.9 Å². The lowest BCUT2D eigenvalue weighted by Gasteiger charge is -2.21. The van der Waals surface area contributed by atoms with Crippen LogP contribution in [0.25, 0.3) is 0 Å². The molecule has 1 heterocycles. The van der Waals surface area contributed by atoms with Crippen molar-refractivity contribution in [2.24, 2.45) is 5.92 Å². The van der Waals surface area contributed by atoms with E-state index >= 15 is 0 Å². The zero-order valence-electron chi connectivity index (χ0n) is 11.8. The van der Waals surface area contributed by atoms with Crippen LogP contribution in [0.15, 0.2) is 34.9 Å². The Labute approximate surface area is 127 Å². The second kappa shape index (κ2) is 5.34. The van der Waals surface area contributed by atoms with Crippen LogP contribution in [0.2, 0.25) is 0 Å². The molecule has 0 bridgehead atoms. The lowest BCUT2D eigenvalue weighted by molar-refractivity contribution is 0.102. The van der Waals surface area contributed by atoms with E-state index in [1.165, 1.54) is 11.1 Å². The summed E-state index contributed by atoms with van der Waals surface area (Å²) in [6.45, 7) is 4.16. The molecule has 1 aromatic heterocycles. The third-order valence-electron chi connectivity index (χ3n) is 4.09. The summed E-state index contributed by atoms with van der Waals surface area (Å²) in [4.78, 5) is 0. The number of hydrogen-bond acceptors (Lipinski definition) is 2. The number of nitrogens with zero attached hydrogens (tertiary/aromatic N) is 2. The smallest absolute Gasteiger partial charge is 0.100 e. The highest BCUT2D eigenvalue weighted by molar-refractivity contribution is 9.10. The minimum Gasteiger partial charge on any atom is -0.386 e. The van der Waals surface area contributed by atoms with Crippen LogP contribution in [-0.2, 0) is 12.8 Å². The van der Waals surface area contributed by atoms with Crippen LogP contribution in [0.3, 0.4) is 0 Å². The Kier molecular flexibility index (Phi) is 3.69. The quantitative estimate of drug-likeness (QED) is 0.929. The second-order valence-corrected chi connectivity index (χ2v) is 6.65. The van der Waals surface area contributed by atoms with Crippen molar-refractivity contribution in [1.82, 2.24) is 9.78 Å². The maximum Gasteiger partial charge on any atom is 0.100 e. The van der Waals surface area contributed by atoms with E-state index < -0.39 is 6.10 Å². The largest absolute Gasteiger partial charge is 0.386 e. The van der Waals surface area contributed by atoms with Crippen LogP contribution in [0.5, 0.6) is 0 Å². The molecule has 0 spiro atoms. The Morgan fingerprint density at radius 1 is 1.25 bits per heavy atom. The number of aliphatic hydroxyl groups is 1. The third-order valence-corrected chi connectivity index (χ3v) is 4.70. The molecule has 1 aromatic carbocycles. The van der Waals surface area contributed by atoms with Gasteiger partial charge in [-0.3, -0.25) is 4.68 Å². The maximum absolute atomic E-state index is 10.8. The summed E-state index contributed by atoms with van der Waals surface area (Å²) in [6, 6.07) is 8.71. The van der Waals surface area contributed by atoms with Crippen molar-refractivity contribution < 1.29 is 5.11 Å². The van der Waals surface area contributed by atoms with Crippen molar-refractivity contribution >= 4 is 15.9 Å². The van der Waals surface area contributed by atoms with Gasteiger partial charge < -0.3 is 5.11 Å². The van der Waals surface area contributed by atoms with E-state index in [1.807, 2.05) is 4.68 Å². The van der Waals surface area contributed by atoms with Gasteiger partial charge in [0, 0.05) is 6.04 Å². The van der Waals surface area contributed by atoms with Gasteiger partial charge in [0.25, 0.3) is 0 Å². The average molecular weight is 335 g/mol. The number of rotatable bonds is 3. The predicted octanol–water partition coefficient (Wildman–Crippen LogP) is 3.67. The van der Waals surface area contributed by atoms with Crippen LogP contribution >= 0.6 is 15.9 Å². The zero-order valence-corrected chi connectivity index (χ0v) is 13.3. The van der Waals surface area contributed by atoms with Crippen molar-refractivity contribution in [2.45, 2.75) is 38.8 Å². The Bertz CT molecular complexity index is 596. The standard InChI is InChI=1S/C16H19BrN2O/c1-10(2)19-15(14(17)9-18-19)16(20)13-7-11-5-3-4-6-12(11)8-13/h3-6,9-10,13,16,20H,7-8H2,1-2H3. The molecule has 106 valence electrons. The van der Waals surface area contributed by atoms with E-state index in [9.17, 15) is 5.11 Å². The summed E-state index contributed by atoms with van der Waals surface area (Å²) in [5.74, 6) is 0.234. The minimum atomic E-state index is -0.485. The van der Waals surface area contributed by atoms with Crippen molar-refractivity contribution in [3.8, 4) is 0 Å². The first-order chi connectivity index (χ1) is 9.58. The number of aliphatic hydroxyl groups excluding tert-OH is 1. The summed E-state index contributed by atoms with van der Waals surface area (Å²) in [7, 11) is 0. The molecule has 1 aliphatic carbocycles. The summed E-state index contributed by atoms with van der Waals surface area (Å²) in [6.07, 6.45) is 3.17. The molecule has 0 amide bonds. The number of benzene rings is 1. The highest BCUT2D eigenvalue weighted by atomic mass is 79.9. The molecule has 0 aliphatic heterocycles. The van der Waals surface area contributed by atoms with E-state index in [0.717, 1.165) is 23.0 Å². The fraction of sp³-hybridized carbons (Fsp3) is 0.438. The van der Waals surface area contributed by atoms with Crippen molar-refractivity contribution in [3.05, 3.63) is 51.8 Å². The SMILES string of the molecule is CC(C)n1ncc(Br)c1C(O)C1Cc2ccccc2C1. The van der Waals surface area contributed by atoms with Gasteiger partial charge in [0.15, 0.2) is 0 Å². The first kappa shape index (κ1) is 13.8. The van der Waals surface area contributed by atoms with Gasteiger partial charge >= 0.3 is 0 Å². The monoisotopic (exact) mass is 334 g/mol. The summed E-state index contributed by atoms with van der Waals surface area (Å²) in [5, 5.41) is 15.2. The Balaban J connectivity index is 1.88. The van der Waals surface area contributed by atoms with E-state index in [4.69, 9.17) is 0 Å². The number of fused-ring (bicyclic) bond motifs is 1. The van der Waals surface area contributed by atoms with Gasteiger partial charge in [0.1, 0.15) is 6.10 Å². The Morgan fingerprint density at radius 3 is 2.40 bits per heavy atom. The van der Waals surface area contributed by atoms with Gasteiger partial charge in [0.05, 0.1) is 16.4 Å². The van der Waals surface area contributed by atoms with Gasteiger partial charge in [-0.05, 0) is 59.7 Å². The number of hydrogen-bond donors (Lipinski definition) is 1. The fourth-order valence-corrected chi connectivity index (χ4v) is 3.59. The molecule has 0 radical (unpaired) electrons. The molecule has 3 nitrogen and oxygen atoms in total. The van der Waals surface area contributed by atoms with E-state index in [2.05, 4.69) is 59.1 Å². The topological polar surface area (TPSA) is 38.0 Å². The summed E-state index contributed by atoms with van der Waals surface area (Å²) < 4.78 is 2.81. The lowest BCUT2D eigenvalue weighted by Crippen LogP contribution is -2.19. The predicted molar refractivity (Wildman–Crippen MR) is 82.6 cm³/mol. The molecule has 0 saturated heterocycles. The Morgan fingerprint density at radius 2 is 1.85 bits per heavy atom. The minimum absolute atomic E-state index is 0.234. The zero-order chi connectivity index (χ0) is 14.3. The Hall–Kier alpha value is -1.13.